The minimum atomic E-state index is -0.226. The van der Waals surface area contributed by atoms with E-state index in [-0.39, 0.29) is 11.3 Å². The van der Waals surface area contributed by atoms with Gasteiger partial charge in [-0.25, -0.2) is 9.55 Å². The second-order valence-electron chi connectivity index (χ2n) is 5.55. The number of aromatic amines is 1. The lowest BCUT2D eigenvalue weighted by Crippen LogP contribution is -2.22. The molecule has 0 aliphatic heterocycles. The molecule has 7 heteroatoms. The van der Waals surface area contributed by atoms with Crippen molar-refractivity contribution in [3.8, 4) is 17.5 Å². The van der Waals surface area contributed by atoms with Gasteiger partial charge < -0.3 is 9.72 Å². The molecular weight excluding hydrogens is 348 g/mol. The molecule has 0 aliphatic rings. The van der Waals surface area contributed by atoms with Gasteiger partial charge in [-0.05, 0) is 18.2 Å². The maximum Gasteiger partial charge on any atom is 0.283 e. The lowest BCUT2D eigenvalue weighted by molar-refractivity contribution is 0.411. The number of aromatic nitrogens is 3. The number of rotatable bonds is 4. The molecule has 0 saturated heterocycles. The molecule has 0 unspecified atom stereocenters. The van der Waals surface area contributed by atoms with Crippen LogP contribution in [0.4, 0.5) is 0 Å². The quantitative estimate of drug-likeness (QED) is 0.444. The van der Waals surface area contributed by atoms with E-state index in [1.165, 1.54) is 16.3 Å². The fourth-order valence-electron chi connectivity index (χ4n) is 2.96. The predicted molar refractivity (Wildman–Crippen MR) is 102 cm³/mol. The largest absolute Gasteiger partial charge is 0.495 e. The van der Waals surface area contributed by atoms with Gasteiger partial charge in [-0.15, -0.1) is 0 Å². The summed E-state index contributed by atoms with van der Waals surface area (Å²) in [5.74, 6) is 0.751. The minimum absolute atomic E-state index is 0.190. The molecule has 2 aromatic carbocycles. The second-order valence-corrected chi connectivity index (χ2v) is 6.49. The summed E-state index contributed by atoms with van der Waals surface area (Å²) in [5, 5.41) is 10.3. The molecule has 2 aromatic heterocycles. The maximum absolute atomic E-state index is 13.3. The lowest BCUT2D eigenvalue weighted by atomic mass is 10.2. The van der Waals surface area contributed by atoms with E-state index in [4.69, 9.17) is 15.0 Å². The van der Waals surface area contributed by atoms with Gasteiger partial charge in [-0.3, -0.25) is 4.79 Å². The van der Waals surface area contributed by atoms with Crippen molar-refractivity contribution in [2.45, 2.75) is 5.16 Å². The third-order valence-corrected chi connectivity index (χ3v) is 4.89. The fraction of sp³-hybridized carbons (Fsp3) is 0.105. The summed E-state index contributed by atoms with van der Waals surface area (Å²) in [6.45, 7) is 0. The number of methoxy groups -OCH3 is 1. The first kappa shape index (κ1) is 16.2. The fourth-order valence-corrected chi connectivity index (χ4v) is 3.62. The molecule has 6 nitrogen and oxygen atoms in total. The molecule has 0 atom stereocenters. The molecule has 0 radical (unpaired) electrons. The minimum Gasteiger partial charge on any atom is -0.495 e. The highest BCUT2D eigenvalue weighted by molar-refractivity contribution is 7.99. The van der Waals surface area contributed by atoms with Gasteiger partial charge in [-0.2, -0.15) is 5.26 Å². The number of nitriles is 1. The Balaban J connectivity index is 2.10. The number of thioether (sulfide) groups is 1. The van der Waals surface area contributed by atoms with E-state index in [0.29, 0.717) is 27.6 Å². The SMILES string of the molecule is COc1ccccc1-n1c(SCC#N)nc2c([nH]c3ccccc32)c1=O. The third kappa shape index (κ3) is 2.52. The van der Waals surface area contributed by atoms with Crippen LogP contribution in [0.15, 0.2) is 58.5 Å². The summed E-state index contributed by atoms with van der Waals surface area (Å²) in [6.07, 6.45) is 0. The second kappa shape index (κ2) is 6.58. The Morgan fingerprint density at radius 3 is 2.81 bits per heavy atom. The Morgan fingerprint density at radius 1 is 1.23 bits per heavy atom. The number of hydrogen-bond acceptors (Lipinski definition) is 5. The average molecular weight is 362 g/mol. The molecule has 128 valence electrons. The van der Waals surface area contributed by atoms with Gasteiger partial charge in [0.05, 0.1) is 24.6 Å². The van der Waals surface area contributed by atoms with Crippen molar-refractivity contribution in [1.29, 1.82) is 5.26 Å². The molecular formula is C19H14N4O2S. The standard InChI is InChI=1S/C19H14N4O2S/c1-25-15-9-5-4-8-14(15)23-18(24)17-16(22-19(23)26-11-10-20)12-6-2-3-7-13(12)21-17/h2-9,21H,11H2,1H3. The molecule has 4 aromatic rings. The van der Waals surface area contributed by atoms with E-state index in [1.54, 1.807) is 19.2 Å². The Hall–Kier alpha value is -3.24. The van der Waals surface area contributed by atoms with Crippen molar-refractivity contribution in [3.63, 3.8) is 0 Å². The van der Waals surface area contributed by atoms with Crippen molar-refractivity contribution >= 4 is 33.7 Å². The Kier molecular flexibility index (Phi) is 4.11. The van der Waals surface area contributed by atoms with E-state index < -0.39 is 0 Å². The molecule has 26 heavy (non-hydrogen) atoms. The molecule has 0 spiro atoms. The zero-order valence-electron chi connectivity index (χ0n) is 13.9. The Morgan fingerprint density at radius 2 is 2.00 bits per heavy atom. The van der Waals surface area contributed by atoms with E-state index in [9.17, 15) is 4.79 Å². The van der Waals surface area contributed by atoms with Crippen LogP contribution in [0, 0.1) is 11.3 Å². The normalized spacial score (nSPS) is 10.9. The highest BCUT2D eigenvalue weighted by atomic mass is 32.2. The van der Waals surface area contributed by atoms with Crippen molar-refractivity contribution in [1.82, 2.24) is 14.5 Å². The summed E-state index contributed by atoms with van der Waals surface area (Å²) in [6, 6.07) is 17.0. The van der Waals surface area contributed by atoms with Crippen molar-refractivity contribution in [2.75, 3.05) is 12.9 Å². The smallest absolute Gasteiger partial charge is 0.283 e. The summed E-state index contributed by atoms with van der Waals surface area (Å²) in [7, 11) is 1.56. The molecule has 1 N–H and O–H groups in total. The molecule has 0 bridgehead atoms. The van der Waals surface area contributed by atoms with Crippen LogP contribution in [0.5, 0.6) is 5.75 Å². The van der Waals surface area contributed by atoms with E-state index >= 15 is 0 Å². The number of nitrogens with zero attached hydrogens (tertiary/aromatic N) is 3. The van der Waals surface area contributed by atoms with E-state index in [2.05, 4.69) is 11.1 Å². The Labute approximate surface area is 153 Å². The highest BCUT2D eigenvalue weighted by Crippen LogP contribution is 2.29. The van der Waals surface area contributed by atoms with Gasteiger partial charge in [0.25, 0.3) is 5.56 Å². The average Bonchev–Trinajstić information content (AvgIpc) is 3.05. The molecule has 0 aliphatic carbocycles. The van der Waals surface area contributed by atoms with Crippen molar-refractivity contribution in [2.24, 2.45) is 0 Å². The first-order valence-electron chi connectivity index (χ1n) is 7.91. The monoisotopic (exact) mass is 362 g/mol. The van der Waals surface area contributed by atoms with Crippen LogP contribution in [0.25, 0.3) is 27.6 Å². The molecule has 4 rings (SSSR count). The summed E-state index contributed by atoms with van der Waals surface area (Å²) in [5.41, 5.74) is 2.25. The van der Waals surface area contributed by atoms with Crippen LogP contribution in [0.3, 0.4) is 0 Å². The molecule has 0 fully saturated rings. The van der Waals surface area contributed by atoms with Crippen LogP contribution in [-0.4, -0.2) is 27.4 Å². The molecule has 2 heterocycles. The van der Waals surface area contributed by atoms with Crippen LogP contribution in [0.2, 0.25) is 0 Å². The zero-order valence-corrected chi connectivity index (χ0v) is 14.7. The summed E-state index contributed by atoms with van der Waals surface area (Å²) >= 11 is 1.22. The van der Waals surface area contributed by atoms with Crippen molar-refractivity contribution < 1.29 is 4.74 Å². The predicted octanol–water partition coefficient (Wildman–Crippen LogP) is 3.49. The third-order valence-electron chi connectivity index (χ3n) is 4.09. The number of H-pyrrole nitrogens is 1. The van der Waals surface area contributed by atoms with Gasteiger partial charge >= 0.3 is 0 Å². The van der Waals surface area contributed by atoms with E-state index in [1.807, 2.05) is 36.4 Å². The van der Waals surface area contributed by atoms with Crippen LogP contribution in [-0.2, 0) is 0 Å². The van der Waals surface area contributed by atoms with Gasteiger partial charge in [0.15, 0.2) is 5.16 Å². The Bertz CT molecular complexity index is 1220. The van der Waals surface area contributed by atoms with E-state index in [0.717, 1.165) is 10.9 Å². The number of hydrogen-bond donors (Lipinski definition) is 1. The topological polar surface area (TPSA) is 83.7 Å². The summed E-state index contributed by atoms with van der Waals surface area (Å²) < 4.78 is 6.91. The maximum atomic E-state index is 13.3. The van der Waals surface area contributed by atoms with Gasteiger partial charge in [0.2, 0.25) is 0 Å². The van der Waals surface area contributed by atoms with Crippen LogP contribution < -0.4 is 10.3 Å². The number of benzene rings is 2. The highest BCUT2D eigenvalue weighted by Gasteiger charge is 2.18. The molecule has 0 saturated carbocycles. The van der Waals surface area contributed by atoms with Gasteiger partial charge in [0, 0.05) is 10.9 Å². The van der Waals surface area contributed by atoms with Gasteiger partial charge in [-0.1, -0.05) is 42.1 Å². The summed E-state index contributed by atoms with van der Waals surface area (Å²) in [4.78, 5) is 21.2. The zero-order chi connectivity index (χ0) is 18.1. The number of para-hydroxylation sites is 3. The van der Waals surface area contributed by atoms with Crippen molar-refractivity contribution in [3.05, 3.63) is 58.9 Å². The first-order chi connectivity index (χ1) is 12.7. The number of fused-ring (bicyclic) bond motifs is 3. The van der Waals surface area contributed by atoms with Gasteiger partial charge in [0.1, 0.15) is 16.8 Å². The molecule has 0 amide bonds. The number of ether oxygens (including phenoxy) is 1. The number of nitrogens with one attached hydrogen (secondary N) is 1. The van der Waals surface area contributed by atoms with Crippen LogP contribution in [0.1, 0.15) is 0 Å². The van der Waals surface area contributed by atoms with Crippen LogP contribution >= 0.6 is 11.8 Å². The first-order valence-corrected chi connectivity index (χ1v) is 8.89. The lowest BCUT2D eigenvalue weighted by Gasteiger charge is -2.14.